The summed E-state index contributed by atoms with van der Waals surface area (Å²) in [5.74, 6) is 0.722. The van der Waals surface area contributed by atoms with E-state index < -0.39 is 0 Å². The van der Waals surface area contributed by atoms with Crippen LogP contribution in [0.15, 0.2) is 155 Å². The molecule has 0 atom stereocenters. The van der Waals surface area contributed by atoms with E-state index in [2.05, 4.69) is 146 Å². The van der Waals surface area contributed by atoms with E-state index in [4.69, 9.17) is 9.97 Å². The maximum atomic E-state index is 5.16. The summed E-state index contributed by atoms with van der Waals surface area (Å²) in [5, 5.41) is 1.05. The lowest BCUT2D eigenvalue weighted by Crippen LogP contribution is -1.96. The summed E-state index contributed by atoms with van der Waals surface area (Å²) < 4.78 is 0. The smallest absolute Gasteiger partial charge is 0.160 e. The van der Waals surface area contributed by atoms with Crippen LogP contribution in [0, 0.1) is 0 Å². The second kappa shape index (κ2) is 10.9. The average Bonchev–Trinajstić information content (AvgIpc) is 3.10. The SMILES string of the molecule is C1=Cc2ccc(-c3nc(-c4ccccc4)c4ccccc4n3)cc2-c2ccccc2Sc2ccccc2-c2ccccc21. The highest BCUT2D eigenvalue weighted by atomic mass is 32.2. The van der Waals surface area contributed by atoms with Crippen molar-refractivity contribution in [1.29, 1.82) is 0 Å². The maximum Gasteiger partial charge on any atom is 0.160 e. The van der Waals surface area contributed by atoms with Crippen LogP contribution < -0.4 is 0 Å². The molecule has 0 saturated carbocycles. The van der Waals surface area contributed by atoms with Crippen molar-refractivity contribution in [3.63, 3.8) is 0 Å². The maximum absolute atomic E-state index is 5.16. The normalized spacial score (nSPS) is 12.0. The van der Waals surface area contributed by atoms with Gasteiger partial charge in [-0.1, -0.05) is 145 Å². The lowest BCUT2D eigenvalue weighted by Gasteiger charge is -2.15. The fraction of sp³-hybridized carbons (Fsp3) is 0. The van der Waals surface area contributed by atoms with Gasteiger partial charge in [-0.3, -0.25) is 0 Å². The third-order valence-electron chi connectivity index (χ3n) is 7.94. The molecule has 2 nitrogen and oxygen atoms in total. The van der Waals surface area contributed by atoms with E-state index in [-0.39, 0.29) is 0 Å². The summed E-state index contributed by atoms with van der Waals surface area (Å²) >= 11 is 1.82. The molecular weight excluding hydrogens is 541 g/mol. The molecular formula is C40H26N2S. The molecule has 0 N–H and O–H groups in total. The molecule has 1 aliphatic heterocycles. The van der Waals surface area contributed by atoms with Gasteiger partial charge in [0, 0.05) is 26.3 Å². The van der Waals surface area contributed by atoms with Crippen LogP contribution in [-0.2, 0) is 0 Å². The van der Waals surface area contributed by atoms with Gasteiger partial charge in [0.25, 0.3) is 0 Å². The Morgan fingerprint density at radius 1 is 0.419 bits per heavy atom. The third-order valence-corrected chi connectivity index (χ3v) is 9.09. The van der Waals surface area contributed by atoms with Gasteiger partial charge in [-0.25, -0.2) is 9.97 Å². The summed E-state index contributed by atoms with van der Waals surface area (Å²) in [6.45, 7) is 0. The third kappa shape index (κ3) is 4.74. The number of hydrogen-bond acceptors (Lipinski definition) is 3. The highest BCUT2D eigenvalue weighted by Crippen LogP contribution is 2.44. The van der Waals surface area contributed by atoms with Crippen LogP contribution in [-0.4, -0.2) is 9.97 Å². The lowest BCUT2D eigenvalue weighted by molar-refractivity contribution is 1.23. The van der Waals surface area contributed by atoms with Crippen LogP contribution >= 0.6 is 11.8 Å². The Labute approximate surface area is 255 Å². The van der Waals surface area contributed by atoms with Crippen LogP contribution in [0.25, 0.3) is 68.0 Å². The fourth-order valence-electron chi connectivity index (χ4n) is 5.84. The first-order chi connectivity index (χ1) is 21.3. The van der Waals surface area contributed by atoms with Gasteiger partial charge in [0.1, 0.15) is 0 Å². The molecule has 0 amide bonds. The molecule has 0 radical (unpaired) electrons. The van der Waals surface area contributed by atoms with Crippen LogP contribution in [0.5, 0.6) is 0 Å². The van der Waals surface area contributed by atoms with Crippen LogP contribution in [0.2, 0.25) is 0 Å². The Bertz CT molecular complexity index is 2160. The van der Waals surface area contributed by atoms with E-state index in [0.29, 0.717) is 0 Å². The largest absolute Gasteiger partial charge is 0.228 e. The molecule has 8 rings (SSSR count). The van der Waals surface area contributed by atoms with Gasteiger partial charge >= 0.3 is 0 Å². The number of benzene rings is 6. The Hall–Kier alpha value is -5.25. The van der Waals surface area contributed by atoms with Gasteiger partial charge in [-0.05, 0) is 57.6 Å². The number of fused-ring (bicyclic) bond motifs is 7. The van der Waals surface area contributed by atoms with Gasteiger partial charge in [0.2, 0.25) is 0 Å². The predicted molar refractivity (Wildman–Crippen MR) is 181 cm³/mol. The zero-order valence-corrected chi connectivity index (χ0v) is 24.1. The number of nitrogens with zero attached hydrogens (tertiary/aromatic N) is 2. The first-order valence-corrected chi connectivity index (χ1v) is 15.2. The summed E-state index contributed by atoms with van der Waals surface area (Å²) in [7, 11) is 0. The zero-order chi connectivity index (χ0) is 28.6. The molecule has 1 aromatic heterocycles. The summed E-state index contributed by atoms with van der Waals surface area (Å²) in [4.78, 5) is 12.7. The first kappa shape index (κ1) is 25.5. The van der Waals surface area contributed by atoms with Crippen molar-refractivity contribution in [1.82, 2.24) is 9.97 Å². The first-order valence-electron chi connectivity index (χ1n) is 14.4. The molecule has 0 unspecified atom stereocenters. The quantitative estimate of drug-likeness (QED) is 0.208. The minimum absolute atomic E-state index is 0.722. The van der Waals surface area contributed by atoms with Crippen molar-refractivity contribution >= 4 is 34.8 Å². The highest BCUT2D eigenvalue weighted by molar-refractivity contribution is 7.99. The van der Waals surface area contributed by atoms with Crippen molar-refractivity contribution in [2.24, 2.45) is 0 Å². The van der Waals surface area contributed by atoms with Crippen molar-refractivity contribution < 1.29 is 0 Å². The molecule has 1 aliphatic rings. The molecule has 7 aromatic rings. The molecule has 0 aliphatic carbocycles. The molecule has 0 fully saturated rings. The number of rotatable bonds is 2. The fourth-order valence-corrected chi connectivity index (χ4v) is 6.94. The van der Waals surface area contributed by atoms with E-state index in [0.717, 1.165) is 44.7 Å². The summed E-state index contributed by atoms with van der Waals surface area (Å²) in [6, 6.07) is 51.3. The Morgan fingerprint density at radius 3 is 1.81 bits per heavy atom. The van der Waals surface area contributed by atoms with Gasteiger partial charge in [-0.2, -0.15) is 0 Å². The van der Waals surface area contributed by atoms with Gasteiger partial charge in [-0.15, -0.1) is 0 Å². The predicted octanol–water partition coefficient (Wildman–Crippen LogP) is 10.9. The molecule has 2 heterocycles. The zero-order valence-electron chi connectivity index (χ0n) is 23.3. The van der Waals surface area contributed by atoms with Gasteiger partial charge in [0.05, 0.1) is 11.2 Å². The second-order valence-electron chi connectivity index (χ2n) is 10.6. The highest BCUT2D eigenvalue weighted by Gasteiger charge is 2.17. The molecule has 0 spiro atoms. The van der Waals surface area contributed by atoms with E-state index in [9.17, 15) is 0 Å². The molecule has 3 heteroatoms. The minimum atomic E-state index is 0.722. The van der Waals surface area contributed by atoms with E-state index >= 15 is 0 Å². The molecule has 6 aromatic carbocycles. The topological polar surface area (TPSA) is 25.8 Å². The Kier molecular flexibility index (Phi) is 6.43. The molecule has 202 valence electrons. The average molecular weight is 567 g/mol. The molecule has 43 heavy (non-hydrogen) atoms. The van der Waals surface area contributed by atoms with E-state index in [1.807, 2.05) is 23.9 Å². The van der Waals surface area contributed by atoms with Crippen molar-refractivity contribution in [3.8, 4) is 44.9 Å². The van der Waals surface area contributed by atoms with Crippen LogP contribution in [0.3, 0.4) is 0 Å². The Balaban J connectivity index is 1.35. The van der Waals surface area contributed by atoms with E-state index in [1.165, 1.54) is 32.0 Å². The van der Waals surface area contributed by atoms with Crippen molar-refractivity contribution in [2.75, 3.05) is 0 Å². The Morgan fingerprint density at radius 2 is 1.02 bits per heavy atom. The van der Waals surface area contributed by atoms with Crippen molar-refractivity contribution in [2.45, 2.75) is 9.79 Å². The standard InChI is InChI=1S/C40H26N2S/c1-2-13-29(14-3-1)39-34-18-6-9-19-36(34)41-40(42-39)30-25-24-28-23-22-27-12-4-5-15-31(27)32-16-7-10-20-37(32)43-38-21-11-8-17-33(38)35(28)26-30/h1-26H. The molecule has 0 bridgehead atoms. The van der Waals surface area contributed by atoms with Gasteiger partial charge in [0.15, 0.2) is 5.82 Å². The van der Waals surface area contributed by atoms with Crippen LogP contribution in [0.1, 0.15) is 11.1 Å². The monoisotopic (exact) mass is 566 g/mol. The van der Waals surface area contributed by atoms with Gasteiger partial charge < -0.3 is 0 Å². The number of hydrogen-bond donors (Lipinski definition) is 0. The summed E-state index contributed by atoms with van der Waals surface area (Å²) in [6.07, 6.45) is 4.48. The number of aromatic nitrogens is 2. The minimum Gasteiger partial charge on any atom is -0.228 e. The van der Waals surface area contributed by atoms with Crippen LogP contribution in [0.4, 0.5) is 0 Å². The van der Waals surface area contributed by atoms with E-state index in [1.54, 1.807) is 0 Å². The summed E-state index contributed by atoms with van der Waals surface area (Å²) in [5.41, 5.74) is 11.1. The lowest BCUT2D eigenvalue weighted by atomic mass is 9.94. The second-order valence-corrected chi connectivity index (χ2v) is 11.7. The molecule has 0 saturated heterocycles. The number of para-hydroxylation sites is 1. The van der Waals surface area contributed by atoms with Crippen molar-refractivity contribution in [3.05, 3.63) is 157 Å².